The van der Waals surface area contributed by atoms with Crippen LogP contribution in [0.4, 0.5) is 11.9 Å². The van der Waals surface area contributed by atoms with E-state index in [2.05, 4.69) is 20.3 Å². The highest BCUT2D eigenvalue weighted by molar-refractivity contribution is 6.28. The molecule has 98 valence electrons. The molecule has 0 spiro atoms. The Morgan fingerprint density at radius 1 is 1.28 bits per heavy atom. The van der Waals surface area contributed by atoms with Crippen molar-refractivity contribution < 1.29 is 9.90 Å². The molecule has 7 nitrogen and oxygen atoms in total. The van der Waals surface area contributed by atoms with Gasteiger partial charge in [0.05, 0.1) is 5.92 Å². The van der Waals surface area contributed by atoms with E-state index in [0.717, 1.165) is 12.8 Å². The topological polar surface area (TPSA) is 114 Å². The lowest BCUT2D eigenvalue weighted by Crippen LogP contribution is -2.30. The van der Waals surface area contributed by atoms with Gasteiger partial charge in [0.1, 0.15) is 0 Å². The lowest BCUT2D eigenvalue weighted by atomic mass is 9.86. The summed E-state index contributed by atoms with van der Waals surface area (Å²) in [6.07, 6.45) is 2.84. The van der Waals surface area contributed by atoms with Gasteiger partial charge in [-0.1, -0.05) is 0 Å². The van der Waals surface area contributed by atoms with Crippen LogP contribution in [-0.2, 0) is 4.79 Å². The number of nitrogens with two attached hydrogens (primary N) is 1. The van der Waals surface area contributed by atoms with Gasteiger partial charge in [0.2, 0.25) is 17.2 Å². The molecular formula is C10H14ClN5O2. The van der Waals surface area contributed by atoms with Gasteiger partial charge in [-0.15, -0.1) is 0 Å². The van der Waals surface area contributed by atoms with E-state index in [0.29, 0.717) is 18.8 Å². The van der Waals surface area contributed by atoms with Crippen LogP contribution >= 0.6 is 11.6 Å². The first-order valence-corrected chi connectivity index (χ1v) is 6.09. The summed E-state index contributed by atoms with van der Waals surface area (Å²) in [7, 11) is 0. The number of hydrogen-bond acceptors (Lipinski definition) is 6. The Kier molecular flexibility index (Phi) is 3.81. The quantitative estimate of drug-likeness (QED) is 0.756. The maximum absolute atomic E-state index is 10.8. The highest BCUT2D eigenvalue weighted by Gasteiger charge is 2.26. The summed E-state index contributed by atoms with van der Waals surface area (Å²) < 4.78 is 0. The van der Waals surface area contributed by atoms with Crippen LogP contribution in [0.1, 0.15) is 25.7 Å². The van der Waals surface area contributed by atoms with Crippen molar-refractivity contribution in [3.05, 3.63) is 5.28 Å². The number of hydrogen-bond donors (Lipinski definition) is 3. The molecular weight excluding hydrogens is 258 g/mol. The monoisotopic (exact) mass is 271 g/mol. The Bertz CT molecular complexity index is 428. The molecule has 0 atom stereocenters. The van der Waals surface area contributed by atoms with Crippen LogP contribution in [-0.4, -0.2) is 32.1 Å². The Balaban J connectivity index is 1.93. The third kappa shape index (κ3) is 3.19. The van der Waals surface area contributed by atoms with E-state index in [1.54, 1.807) is 0 Å². The molecule has 4 N–H and O–H groups in total. The number of carbonyl (C=O) groups is 1. The number of rotatable bonds is 3. The Hall–Kier alpha value is -1.63. The van der Waals surface area contributed by atoms with E-state index in [1.807, 2.05) is 0 Å². The highest BCUT2D eigenvalue weighted by Crippen LogP contribution is 2.26. The Morgan fingerprint density at radius 2 is 1.94 bits per heavy atom. The third-order valence-electron chi connectivity index (χ3n) is 3.04. The molecule has 1 aromatic rings. The molecule has 1 aromatic heterocycles. The van der Waals surface area contributed by atoms with Crippen LogP contribution in [0, 0.1) is 5.92 Å². The number of nitrogens with one attached hydrogen (secondary N) is 1. The van der Waals surface area contributed by atoms with Gasteiger partial charge in [-0.3, -0.25) is 4.79 Å². The van der Waals surface area contributed by atoms with E-state index in [1.165, 1.54) is 0 Å². The molecule has 0 unspecified atom stereocenters. The number of aromatic nitrogens is 3. The van der Waals surface area contributed by atoms with Crippen LogP contribution < -0.4 is 11.1 Å². The number of anilines is 2. The lowest BCUT2D eigenvalue weighted by Gasteiger charge is -2.26. The molecule has 0 aromatic carbocycles. The summed E-state index contributed by atoms with van der Waals surface area (Å²) in [6, 6.07) is 0.151. The lowest BCUT2D eigenvalue weighted by molar-refractivity contribution is -0.142. The molecule has 1 saturated carbocycles. The fraction of sp³-hybridized carbons (Fsp3) is 0.600. The second-order valence-electron chi connectivity index (χ2n) is 4.32. The zero-order valence-corrected chi connectivity index (χ0v) is 10.4. The zero-order chi connectivity index (χ0) is 13.1. The predicted molar refractivity (Wildman–Crippen MR) is 66.3 cm³/mol. The first kappa shape index (κ1) is 12.8. The van der Waals surface area contributed by atoms with Crippen molar-refractivity contribution in [2.24, 2.45) is 5.92 Å². The molecule has 0 saturated heterocycles. The minimum absolute atomic E-state index is 0.0456. The van der Waals surface area contributed by atoms with Gasteiger partial charge in [0, 0.05) is 6.04 Å². The molecule has 2 rings (SSSR count). The summed E-state index contributed by atoms with van der Waals surface area (Å²) in [5, 5.41) is 12.0. The molecule has 0 aliphatic heterocycles. The first-order valence-electron chi connectivity index (χ1n) is 5.71. The van der Waals surface area contributed by atoms with Crippen molar-refractivity contribution in [2.75, 3.05) is 11.1 Å². The number of halogens is 1. The molecule has 8 heteroatoms. The van der Waals surface area contributed by atoms with Gasteiger partial charge >= 0.3 is 5.97 Å². The van der Waals surface area contributed by atoms with Gasteiger partial charge < -0.3 is 16.2 Å². The van der Waals surface area contributed by atoms with E-state index in [9.17, 15) is 4.79 Å². The fourth-order valence-electron chi connectivity index (χ4n) is 2.10. The van der Waals surface area contributed by atoms with Crippen molar-refractivity contribution in [1.29, 1.82) is 0 Å². The van der Waals surface area contributed by atoms with Crippen molar-refractivity contribution in [2.45, 2.75) is 31.7 Å². The Labute approximate surface area is 109 Å². The van der Waals surface area contributed by atoms with Crippen LogP contribution in [0.25, 0.3) is 0 Å². The van der Waals surface area contributed by atoms with Crippen LogP contribution in [0.2, 0.25) is 5.28 Å². The van der Waals surface area contributed by atoms with E-state index >= 15 is 0 Å². The van der Waals surface area contributed by atoms with Crippen molar-refractivity contribution in [3.63, 3.8) is 0 Å². The van der Waals surface area contributed by atoms with Crippen molar-refractivity contribution >= 4 is 29.5 Å². The highest BCUT2D eigenvalue weighted by atomic mass is 35.5. The van der Waals surface area contributed by atoms with Gasteiger partial charge in [-0.2, -0.15) is 15.0 Å². The molecule has 1 aliphatic rings. The van der Waals surface area contributed by atoms with Crippen molar-refractivity contribution in [3.8, 4) is 0 Å². The number of nitrogens with zero attached hydrogens (tertiary/aromatic N) is 3. The van der Waals surface area contributed by atoms with E-state index < -0.39 is 5.97 Å². The first-order chi connectivity index (χ1) is 8.54. The summed E-state index contributed by atoms with van der Waals surface area (Å²) >= 11 is 5.67. The number of nitrogen functional groups attached to an aromatic ring is 1. The number of aliphatic carboxylic acids is 1. The van der Waals surface area contributed by atoms with Crippen LogP contribution in [0.5, 0.6) is 0 Å². The van der Waals surface area contributed by atoms with Crippen LogP contribution in [0.3, 0.4) is 0 Å². The predicted octanol–water partition coefficient (Wildman–Crippen LogP) is 1.16. The second-order valence-corrected chi connectivity index (χ2v) is 4.66. The van der Waals surface area contributed by atoms with Gasteiger partial charge in [0.15, 0.2) is 0 Å². The van der Waals surface area contributed by atoms with Crippen molar-refractivity contribution in [1.82, 2.24) is 15.0 Å². The largest absolute Gasteiger partial charge is 0.481 e. The minimum Gasteiger partial charge on any atom is -0.481 e. The number of carboxylic acids is 1. The summed E-state index contributed by atoms with van der Waals surface area (Å²) in [6.45, 7) is 0. The smallest absolute Gasteiger partial charge is 0.306 e. The zero-order valence-electron chi connectivity index (χ0n) is 9.64. The van der Waals surface area contributed by atoms with Crippen LogP contribution in [0.15, 0.2) is 0 Å². The van der Waals surface area contributed by atoms with E-state index in [-0.39, 0.29) is 23.2 Å². The maximum atomic E-state index is 10.8. The fourth-order valence-corrected chi connectivity index (χ4v) is 2.26. The molecule has 1 heterocycles. The minimum atomic E-state index is -0.721. The second kappa shape index (κ2) is 5.34. The van der Waals surface area contributed by atoms with E-state index in [4.69, 9.17) is 22.4 Å². The van der Waals surface area contributed by atoms with Gasteiger partial charge in [-0.05, 0) is 37.3 Å². The third-order valence-corrected chi connectivity index (χ3v) is 3.20. The summed E-state index contributed by atoms with van der Waals surface area (Å²) in [5.41, 5.74) is 5.46. The molecule has 1 aliphatic carbocycles. The normalized spacial score (nSPS) is 23.6. The summed E-state index contributed by atoms with van der Waals surface area (Å²) in [4.78, 5) is 22.3. The Morgan fingerprint density at radius 3 is 2.50 bits per heavy atom. The molecule has 0 amide bonds. The maximum Gasteiger partial charge on any atom is 0.306 e. The number of carboxylic acid groups (broad SMARTS) is 1. The van der Waals surface area contributed by atoms with Gasteiger partial charge in [-0.25, -0.2) is 0 Å². The molecule has 0 bridgehead atoms. The van der Waals surface area contributed by atoms with Gasteiger partial charge in [0.25, 0.3) is 0 Å². The summed E-state index contributed by atoms with van der Waals surface area (Å²) in [5.74, 6) is -0.557. The average Bonchev–Trinajstić information content (AvgIpc) is 2.28. The average molecular weight is 272 g/mol. The SMILES string of the molecule is Nc1nc(Cl)nc(NC2CCC(C(=O)O)CC2)n1. The molecule has 18 heavy (non-hydrogen) atoms. The molecule has 1 fully saturated rings. The molecule has 0 radical (unpaired) electrons. The standard InChI is InChI=1S/C10H14ClN5O2/c11-8-14-9(12)16-10(15-8)13-6-3-1-5(2-4-6)7(17)18/h5-6H,1-4H2,(H,17,18)(H3,12,13,14,15,16).